The van der Waals surface area contributed by atoms with Gasteiger partial charge in [0.2, 0.25) is 0 Å². The van der Waals surface area contributed by atoms with E-state index < -0.39 is 0 Å². The van der Waals surface area contributed by atoms with E-state index in [1.807, 2.05) is 10.7 Å². The van der Waals surface area contributed by atoms with Gasteiger partial charge in [0.15, 0.2) is 5.82 Å². The minimum atomic E-state index is 0.0133. The summed E-state index contributed by atoms with van der Waals surface area (Å²) in [4.78, 5) is 4.43. The van der Waals surface area contributed by atoms with Crippen molar-refractivity contribution in [1.82, 2.24) is 14.6 Å². The van der Waals surface area contributed by atoms with Crippen LogP contribution < -0.4 is 5.32 Å². The van der Waals surface area contributed by atoms with Crippen LogP contribution in [0.25, 0.3) is 5.52 Å². The molecule has 2 N–H and O–H groups in total. The van der Waals surface area contributed by atoms with Gasteiger partial charge in [-0.25, -0.2) is 9.50 Å². The van der Waals surface area contributed by atoms with Crippen molar-refractivity contribution in [1.29, 1.82) is 0 Å². The standard InChI is InChI=1S/C16H26N4O/c1-15(2,3)13-10-12-14(17-7-8-20(12)19-13)18-11-16(4,5)6-9-21/h7-8,10,21H,6,9,11H2,1-5H3,(H,17,18). The van der Waals surface area contributed by atoms with Gasteiger partial charge in [-0.1, -0.05) is 34.6 Å². The van der Waals surface area contributed by atoms with E-state index in [1.165, 1.54) is 0 Å². The van der Waals surface area contributed by atoms with Crippen LogP contribution in [0.4, 0.5) is 5.82 Å². The molecular formula is C16H26N4O. The summed E-state index contributed by atoms with van der Waals surface area (Å²) in [6.07, 6.45) is 4.39. The summed E-state index contributed by atoms with van der Waals surface area (Å²) in [5, 5.41) is 17.1. The topological polar surface area (TPSA) is 62.5 Å². The van der Waals surface area contributed by atoms with Crippen molar-refractivity contribution in [3.8, 4) is 0 Å². The second-order valence-electron chi connectivity index (χ2n) is 7.38. The lowest BCUT2D eigenvalue weighted by Gasteiger charge is -2.24. The zero-order valence-electron chi connectivity index (χ0n) is 13.6. The highest BCUT2D eigenvalue weighted by molar-refractivity contribution is 5.68. The van der Waals surface area contributed by atoms with Crippen LogP contribution in [0.1, 0.15) is 46.7 Å². The smallest absolute Gasteiger partial charge is 0.152 e. The highest BCUT2D eigenvalue weighted by Gasteiger charge is 2.20. The minimum absolute atomic E-state index is 0.0133. The fraction of sp³-hybridized carbons (Fsp3) is 0.625. The number of nitrogens with zero attached hydrogens (tertiary/aromatic N) is 3. The monoisotopic (exact) mass is 290 g/mol. The normalized spacial score (nSPS) is 12.9. The molecule has 0 fully saturated rings. The average molecular weight is 290 g/mol. The van der Waals surface area contributed by atoms with Crippen molar-refractivity contribution >= 4 is 11.3 Å². The summed E-state index contributed by atoms with van der Waals surface area (Å²) < 4.78 is 1.87. The molecule has 0 aliphatic rings. The second kappa shape index (κ2) is 5.64. The molecule has 21 heavy (non-hydrogen) atoms. The van der Waals surface area contributed by atoms with E-state index in [0.717, 1.165) is 30.0 Å². The van der Waals surface area contributed by atoms with Gasteiger partial charge in [0.1, 0.15) is 5.52 Å². The number of rotatable bonds is 5. The first-order valence-electron chi connectivity index (χ1n) is 7.42. The van der Waals surface area contributed by atoms with Crippen LogP contribution in [0, 0.1) is 5.41 Å². The summed E-state index contributed by atoms with van der Waals surface area (Å²) >= 11 is 0. The predicted molar refractivity (Wildman–Crippen MR) is 85.7 cm³/mol. The molecule has 0 spiro atoms. The molecular weight excluding hydrogens is 264 g/mol. The van der Waals surface area contributed by atoms with Crippen molar-refractivity contribution in [3.63, 3.8) is 0 Å². The van der Waals surface area contributed by atoms with Crippen molar-refractivity contribution < 1.29 is 5.11 Å². The van der Waals surface area contributed by atoms with Gasteiger partial charge in [0.25, 0.3) is 0 Å². The van der Waals surface area contributed by atoms with E-state index in [-0.39, 0.29) is 17.4 Å². The Labute approximate surface area is 126 Å². The number of anilines is 1. The lowest BCUT2D eigenvalue weighted by Crippen LogP contribution is -2.24. The predicted octanol–water partition coefficient (Wildman–Crippen LogP) is 2.85. The molecule has 2 aromatic heterocycles. The lowest BCUT2D eigenvalue weighted by molar-refractivity contribution is 0.220. The number of hydrogen-bond donors (Lipinski definition) is 2. The van der Waals surface area contributed by atoms with Crippen molar-refractivity contribution in [2.45, 2.75) is 46.5 Å². The number of nitrogens with one attached hydrogen (secondary N) is 1. The van der Waals surface area contributed by atoms with Crippen molar-refractivity contribution in [2.24, 2.45) is 5.41 Å². The fourth-order valence-corrected chi connectivity index (χ4v) is 2.14. The first-order chi connectivity index (χ1) is 9.73. The Morgan fingerprint density at radius 3 is 2.57 bits per heavy atom. The Hall–Kier alpha value is -1.62. The maximum absolute atomic E-state index is 9.11. The molecule has 0 saturated carbocycles. The van der Waals surface area contributed by atoms with Crippen LogP contribution in [-0.4, -0.2) is 32.9 Å². The number of aromatic nitrogens is 3. The van der Waals surface area contributed by atoms with Gasteiger partial charge in [-0.2, -0.15) is 5.10 Å². The van der Waals surface area contributed by atoms with Gasteiger partial charge in [0.05, 0.1) is 5.69 Å². The molecule has 0 aliphatic heterocycles. The zero-order valence-corrected chi connectivity index (χ0v) is 13.6. The molecule has 2 heterocycles. The third-order valence-electron chi connectivity index (χ3n) is 3.68. The Bertz CT molecular complexity index is 610. The maximum atomic E-state index is 9.11. The third kappa shape index (κ3) is 3.73. The molecule has 0 amide bonds. The second-order valence-corrected chi connectivity index (χ2v) is 7.38. The van der Waals surface area contributed by atoms with Gasteiger partial charge in [-0.05, 0) is 17.9 Å². The van der Waals surface area contributed by atoms with E-state index in [0.29, 0.717) is 0 Å². The molecule has 0 atom stereocenters. The first-order valence-corrected chi connectivity index (χ1v) is 7.42. The molecule has 0 unspecified atom stereocenters. The number of hydrogen-bond acceptors (Lipinski definition) is 4. The quantitative estimate of drug-likeness (QED) is 0.889. The molecule has 0 radical (unpaired) electrons. The van der Waals surface area contributed by atoms with Gasteiger partial charge in [-0.15, -0.1) is 0 Å². The molecule has 0 aromatic carbocycles. The molecule has 116 valence electrons. The number of aliphatic hydroxyl groups excluding tert-OH is 1. The van der Waals surface area contributed by atoms with E-state index in [4.69, 9.17) is 5.11 Å². The SMILES string of the molecule is CC(C)(CCO)CNc1nccn2nc(C(C)(C)C)cc12. The van der Waals surface area contributed by atoms with Gasteiger partial charge >= 0.3 is 0 Å². The molecule has 0 aliphatic carbocycles. The van der Waals surface area contributed by atoms with Crippen molar-refractivity contribution in [2.75, 3.05) is 18.5 Å². The Balaban J connectivity index is 2.26. The highest BCUT2D eigenvalue weighted by Crippen LogP contribution is 2.26. The Morgan fingerprint density at radius 1 is 1.24 bits per heavy atom. The van der Waals surface area contributed by atoms with Gasteiger partial charge in [0, 0.05) is 31.0 Å². The molecule has 0 bridgehead atoms. The summed E-state index contributed by atoms with van der Waals surface area (Å²) in [6.45, 7) is 11.7. The summed E-state index contributed by atoms with van der Waals surface area (Å²) in [7, 11) is 0. The molecule has 5 nitrogen and oxygen atoms in total. The van der Waals surface area contributed by atoms with E-state index in [2.05, 4.69) is 56.1 Å². The van der Waals surface area contributed by atoms with Gasteiger partial charge < -0.3 is 10.4 Å². The van der Waals surface area contributed by atoms with Crippen LogP contribution in [0.3, 0.4) is 0 Å². The summed E-state index contributed by atoms with van der Waals surface area (Å²) in [6, 6.07) is 2.09. The molecule has 0 saturated heterocycles. The maximum Gasteiger partial charge on any atom is 0.152 e. The molecule has 5 heteroatoms. The van der Waals surface area contributed by atoms with Gasteiger partial charge in [-0.3, -0.25) is 0 Å². The number of aliphatic hydroxyl groups is 1. The zero-order chi connectivity index (χ0) is 15.7. The minimum Gasteiger partial charge on any atom is -0.396 e. The number of fused-ring (bicyclic) bond motifs is 1. The van der Waals surface area contributed by atoms with Crippen LogP contribution >= 0.6 is 0 Å². The van der Waals surface area contributed by atoms with E-state index >= 15 is 0 Å². The Morgan fingerprint density at radius 2 is 1.95 bits per heavy atom. The summed E-state index contributed by atoms with van der Waals surface area (Å²) in [5.74, 6) is 0.839. The van der Waals surface area contributed by atoms with Crippen LogP contribution in [0.5, 0.6) is 0 Å². The molecule has 2 rings (SSSR count). The fourth-order valence-electron chi connectivity index (χ4n) is 2.14. The van der Waals surface area contributed by atoms with Crippen molar-refractivity contribution in [3.05, 3.63) is 24.2 Å². The third-order valence-corrected chi connectivity index (χ3v) is 3.68. The van der Waals surface area contributed by atoms with Crippen LogP contribution in [-0.2, 0) is 5.41 Å². The van der Waals surface area contributed by atoms with Crippen LogP contribution in [0.15, 0.2) is 18.5 Å². The highest BCUT2D eigenvalue weighted by atomic mass is 16.3. The average Bonchev–Trinajstić information content (AvgIpc) is 2.80. The largest absolute Gasteiger partial charge is 0.396 e. The first kappa shape index (κ1) is 15.8. The Kier molecular flexibility index (Phi) is 4.23. The van der Waals surface area contributed by atoms with Crippen LogP contribution in [0.2, 0.25) is 0 Å². The van der Waals surface area contributed by atoms with E-state index in [1.54, 1.807) is 6.20 Å². The lowest BCUT2D eigenvalue weighted by atomic mass is 9.90. The molecule has 2 aromatic rings. The van der Waals surface area contributed by atoms with E-state index in [9.17, 15) is 0 Å². The summed E-state index contributed by atoms with van der Waals surface area (Å²) in [5.41, 5.74) is 2.07.